The normalized spacial score (nSPS) is 14.2. The number of fused-ring (bicyclic) bond motifs is 1. The Morgan fingerprint density at radius 3 is 3.00 bits per heavy atom. The Hall–Kier alpha value is -2.74. The molecule has 1 unspecified atom stereocenters. The second-order valence-electron chi connectivity index (χ2n) is 5.71. The van der Waals surface area contributed by atoms with E-state index in [0.717, 1.165) is 30.5 Å². The Morgan fingerprint density at radius 1 is 1.38 bits per heavy atom. The SMILES string of the molecule is O=c1cc2c(nn1CC(O)COc1cccc([N+](=O)[O-])c1)CCC2. The number of rotatable bonds is 6. The maximum atomic E-state index is 12.0. The zero-order valence-corrected chi connectivity index (χ0v) is 12.9. The zero-order valence-electron chi connectivity index (χ0n) is 12.9. The Kier molecular flexibility index (Phi) is 4.57. The molecule has 0 aliphatic heterocycles. The maximum Gasteiger partial charge on any atom is 0.273 e. The summed E-state index contributed by atoms with van der Waals surface area (Å²) >= 11 is 0. The van der Waals surface area contributed by atoms with Crippen LogP contribution in [-0.4, -0.2) is 32.5 Å². The van der Waals surface area contributed by atoms with E-state index in [4.69, 9.17) is 4.74 Å². The number of nitrogens with zero attached hydrogens (tertiary/aromatic N) is 3. The molecule has 0 fully saturated rings. The molecular formula is C16H17N3O5. The Bertz CT molecular complexity index is 818. The fourth-order valence-electron chi connectivity index (χ4n) is 2.70. The van der Waals surface area contributed by atoms with E-state index in [0.29, 0.717) is 0 Å². The largest absolute Gasteiger partial charge is 0.491 e. The average Bonchev–Trinajstić information content (AvgIpc) is 3.00. The fraction of sp³-hybridized carbons (Fsp3) is 0.375. The molecule has 1 aromatic carbocycles. The molecule has 0 spiro atoms. The Balaban J connectivity index is 1.62. The summed E-state index contributed by atoms with van der Waals surface area (Å²) in [5, 5.41) is 25.1. The van der Waals surface area contributed by atoms with Crippen molar-refractivity contribution >= 4 is 5.69 Å². The van der Waals surface area contributed by atoms with Crippen LogP contribution in [0.5, 0.6) is 5.75 Å². The molecule has 1 heterocycles. The number of nitro groups is 1. The highest BCUT2D eigenvalue weighted by Gasteiger charge is 2.16. The molecule has 2 aromatic rings. The molecule has 1 aromatic heterocycles. The molecule has 8 nitrogen and oxygen atoms in total. The van der Waals surface area contributed by atoms with Crippen LogP contribution in [-0.2, 0) is 19.4 Å². The van der Waals surface area contributed by atoms with Gasteiger partial charge in [-0.15, -0.1) is 0 Å². The van der Waals surface area contributed by atoms with E-state index in [-0.39, 0.29) is 30.1 Å². The van der Waals surface area contributed by atoms with Crippen molar-refractivity contribution in [3.8, 4) is 5.75 Å². The third-order valence-electron chi connectivity index (χ3n) is 3.88. The van der Waals surface area contributed by atoms with Crippen molar-refractivity contribution in [3.63, 3.8) is 0 Å². The van der Waals surface area contributed by atoms with E-state index >= 15 is 0 Å². The molecule has 126 valence electrons. The number of hydrogen-bond acceptors (Lipinski definition) is 6. The first-order valence-electron chi connectivity index (χ1n) is 7.68. The van der Waals surface area contributed by atoms with Crippen LogP contribution in [0.2, 0.25) is 0 Å². The molecule has 0 bridgehead atoms. The van der Waals surface area contributed by atoms with Crippen molar-refractivity contribution in [3.05, 3.63) is 62.1 Å². The highest BCUT2D eigenvalue weighted by Crippen LogP contribution is 2.19. The van der Waals surface area contributed by atoms with Crippen molar-refractivity contribution < 1.29 is 14.8 Å². The molecule has 3 rings (SSSR count). The van der Waals surface area contributed by atoms with Crippen LogP contribution < -0.4 is 10.3 Å². The lowest BCUT2D eigenvalue weighted by Crippen LogP contribution is -2.32. The van der Waals surface area contributed by atoms with E-state index in [1.807, 2.05) is 0 Å². The molecule has 8 heteroatoms. The van der Waals surface area contributed by atoms with Gasteiger partial charge < -0.3 is 9.84 Å². The standard InChI is InChI=1S/C16H17N3O5/c20-13(10-24-14-5-2-4-12(8-14)19(22)23)9-18-16(21)7-11-3-1-6-15(11)17-18/h2,4-5,7-8,13,20H,1,3,6,9-10H2. The number of non-ortho nitro benzene ring substituents is 1. The number of benzene rings is 1. The summed E-state index contributed by atoms with van der Waals surface area (Å²) in [4.78, 5) is 22.2. The summed E-state index contributed by atoms with van der Waals surface area (Å²) in [6.07, 6.45) is 1.76. The molecule has 1 aliphatic carbocycles. The van der Waals surface area contributed by atoms with Gasteiger partial charge in [-0.05, 0) is 30.9 Å². The van der Waals surface area contributed by atoms with Crippen molar-refractivity contribution in [2.45, 2.75) is 31.9 Å². The Morgan fingerprint density at radius 2 is 2.21 bits per heavy atom. The lowest BCUT2D eigenvalue weighted by atomic mass is 10.2. The molecule has 1 aliphatic rings. The van der Waals surface area contributed by atoms with E-state index in [2.05, 4.69) is 5.10 Å². The van der Waals surface area contributed by atoms with Gasteiger partial charge in [-0.1, -0.05) is 6.07 Å². The van der Waals surface area contributed by atoms with Gasteiger partial charge in [-0.25, -0.2) is 4.68 Å². The molecule has 1 atom stereocenters. The third kappa shape index (κ3) is 3.60. The van der Waals surface area contributed by atoms with Gasteiger partial charge in [0.2, 0.25) is 0 Å². The minimum Gasteiger partial charge on any atom is -0.491 e. The summed E-state index contributed by atoms with van der Waals surface area (Å²) in [6.45, 7) is -0.0760. The minimum atomic E-state index is -0.950. The summed E-state index contributed by atoms with van der Waals surface area (Å²) in [6, 6.07) is 7.29. The van der Waals surface area contributed by atoms with Gasteiger partial charge in [0, 0.05) is 12.1 Å². The van der Waals surface area contributed by atoms with Gasteiger partial charge in [0.05, 0.1) is 23.2 Å². The number of hydrogen-bond donors (Lipinski definition) is 1. The number of aliphatic hydroxyl groups excluding tert-OH is 1. The monoisotopic (exact) mass is 331 g/mol. The van der Waals surface area contributed by atoms with Crippen molar-refractivity contribution in [2.24, 2.45) is 0 Å². The summed E-state index contributed by atoms with van der Waals surface area (Å²) in [5.74, 6) is 0.289. The van der Waals surface area contributed by atoms with Gasteiger partial charge in [0.25, 0.3) is 11.2 Å². The smallest absolute Gasteiger partial charge is 0.273 e. The van der Waals surface area contributed by atoms with Crippen LogP contribution in [0, 0.1) is 10.1 Å². The van der Waals surface area contributed by atoms with E-state index in [1.165, 1.54) is 22.9 Å². The highest BCUT2D eigenvalue weighted by molar-refractivity contribution is 5.37. The molecule has 0 amide bonds. The third-order valence-corrected chi connectivity index (χ3v) is 3.88. The highest BCUT2D eigenvalue weighted by atomic mass is 16.6. The number of nitro benzene ring substituents is 1. The van der Waals surface area contributed by atoms with Gasteiger partial charge in [0.15, 0.2) is 0 Å². The zero-order chi connectivity index (χ0) is 17.1. The minimum absolute atomic E-state index is 0.0149. The first-order chi connectivity index (χ1) is 11.5. The van der Waals surface area contributed by atoms with E-state index < -0.39 is 11.0 Å². The topological polar surface area (TPSA) is 107 Å². The van der Waals surface area contributed by atoms with Crippen LogP contribution in [0.25, 0.3) is 0 Å². The maximum absolute atomic E-state index is 12.0. The number of aliphatic hydroxyl groups is 1. The number of aryl methyl sites for hydroxylation is 2. The van der Waals surface area contributed by atoms with Gasteiger partial charge in [-0.3, -0.25) is 14.9 Å². The molecule has 0 saturated heterocycles. The van der Waals surface area contributed by atoms with E-state index in [1.54, 1.807) is 12.1 Å². The number of ether oxygens (including phenoxy) is 1. The lowest BCUT2D eigenvalue weighted by Gasteiger charge is -2.14. The van der Waals surface area contributed by atoms with Crippen molar-refractivity contribution in [1.29, 1.82) is 0 Å². The average molecular weight is 331 g/mol. The van der Waals surface area contributed by atoms with Crippen molar-refractivity contribution in [1.82, 2.24) is 9.78 Å². The van der Waals surface area contributed by atoms with E-state index in [9.17, 15) is 20.0 Å². The molecular weight excluding hydrogens is 314 g/mol. The lowest BCUT2D eigenvalue weighted by molar-refractivity contribution is -0.384. The predicted molar refractivity (Wildman–Crippen MR) is 85.1 cm³/mol. The summed E-state index contributed by atoms with van der Waals surface area (Å²) in [7, 11) is 0. The number of aromatic nitrogens is 2. The quantitative estimate of drug-likeness (QED) is 0.627. The van der Waals surface area contributed by atoms with Crippen LogP contribution in [0.4, 0.5) is 5.69 Å². The van der Waals surface area contributed by atoms with Crippen molar-refractivity contribution in [2.75, 3.05) is 6.61 Å². The second kappa shape index (κ2) is 6.79. The first kappa shape index (κ1) is 16.1. The van der Waals surface area contributed by atoms with Gasteiger partial charge in [0.1, 0.15) is 18.5 Å². The van der Waals surface area contributed by atoms with Crippen LogP contribution >= 0.6 is 0 Å². The van der Waals surface area contributed by atoms with Gasteiger partial charge >= 0.3 is 0 Å². The van der Waals surface area contributed by atoms with Gasteiger partial charge in [-0.2, -0.15) is 5.10 Å². The summed E-state index contributed by atoms with van der Waals surface area (Å²) < 4.78 is 6.61. The molecule has 1 N–H and O–H groups in total. The fourth-order valence-corrected chi connectivity index (χ4v) is 2.70. The summed E-state index contributed by atoms with van der Waals surface area (Å²) in [5.41, 5.74) is 1.56. The predicted octanol–water partition coefficient (Wildman–Crippen LogP) is 1.08. The molecule has 0 saturated carbocycles. The van der Waals surface area contributed by atoms with Crippen LogP contribution in [0.1, 0.15) is 17.7 Å². The molecule has 24 heavy (non-hydrogen) atoms. The Labute approximate surface area is 137 Å². The first-order valence-corrected chi connectivity index (χ1v) is 7.68. The van der Waals surface area contributed by atoms with Crippen LogP contribution in [0.15, 0.2) is 35.1 Å². The molecule has 0 radical (unpaired) electrons. The second-order valence-corrected chi connectivity index (χ2v) is 5.71. The van der Waals surface area contributed by atoms with Crippen LogP contribution in [0.3, 0.4) is 0 Å².